The molecule has 2 aromatic rings. The van der Waals surface area contributed by atoms with Crippen LogP contribution in [0.2, 0.25) is 0 Å². The summed E-state index contributed by atoms with van der Waals surface area (Å²) < 4.78 is 4.61. The summed E-state index contributed by atoms with van der Waals surface area (Å²) in [5, 5.41) is 8.85. The number of hydrogen-bond acceptors (Lipinski definition) is 3. The number of nitrogens with one attached hydrogen (secondary N) is 2. The Kier molecular flexibility index (Phi) is 3.09. The minimum absolute atomic E-state index is 0.345. The molecule has 2 rings (SSSR count). The molecule has 2 amide bonds. The molecule has 2 N–H and O–H groups in total. The van der Waals surface area contributed by atoms with Gasteiger partial charge in [0.2, 0.25) is 0 Å². The second-order valence-corrected chi connectivity index (χ2v) is 3.76. The van der Waals surface area contributed by atoms with E-state index in [9.17, 15) is 4.79 Å². The Morgan fingerprint density at radius 2 is 2.00 bits per heavy atom. The maximum Gasteiger partial charge on any atom is 0.324 e. The van der Waals surface area contributed by atoms with Crippen LogP contribution in [0.5, 0.6) is 0 Å². The van der Waals surface area contributed by atoms with Crippen LogP contribution >= 0.6 is 0 Å². The number of amides is 2. The average Bonchev–Trinajstić information content (AvgIpc) is 2.76. The molecular formula is C12H13N3O2. The van der Waals surface area contributed by atoms with Crippen molar-refractivity contribution in [3.8, 4) is 0 Å². The molecule has 5 nitrogen and oxygen atoms in total. The zero-order chi connectivity index (χ0) is 12.3. The van der Waals surface area contributed by atoms with E-state index in [0.29, 0.717) is 5.82 Å². The summed E-state index contributed by atoms with van der Waals surface area (Å²) >= 11 is 0. The standard InChI is InChI=1S/C12H13N3O2/c1-8-3-4-10(7-9(8)2)13-12(16)14-11-5-6-17-15-11/h3-7H,1-2H3,(H2,13,14,15,16). The summed E-state index contributed by atoms with van der Waals surface area (Å²) in [7, 11) is 0. The zero-order valence-corrected chi connectivity index (χ0v) is 9.65. The Bertz CT molecular complexity index is 521. The highest BCUT2D eigenvalue weighted by atomic mass is 16.5. The summed E-state index contributed by atoms with van der Waals surface area (Å²) in [4.78, 5) is 11.6. The van der Waals surface area contributed by atoms with E-state index in [1.807, 2.05) is 32.0 Å². The first-order valence-electron chi connectivity index (χ1n) is 5.21. The summed E-state index contributed by atoms with van der Waals surface area (Å²) in [6.45, 7) is 4.02. The van der Waals surface area contributed by atoms with Gasteiger partial charge in [0.15, 0.2) is 5.82 Å². The van der Waals surface area contributed by atoms with Crippen molar-refractivity contribution in [2.24, 2.45) is 0 Å². The van der Waals surface area contributed by atoms with Crippen molar-refractivity contribution in [1.82, 2.24) is 5.16 Å². The topological polar surface area (TPSA) is 67.2 Å². The van der Waals surface area contributed by atoms with Gasteiger partial charge in [-0.3, -0.25) is 5.32 Å². The normalized spacial score (nSPS) is 10.0. The number of benzene rings is 1. The van der Waals surface area contributed by atoms with E-state index in [-0.39, 0.29) is 6.03 Å². The number of nitrogens with zero attached hydrogens (tertiary/aromatic N) is 1. The lowest BCUT2D eigenvalue weighted by Gasteiger charge is -2.07. The first kappa shape index (κ1) is 11.2. The molecule has 1 aromatic heterocycles. The van der Waals surface area contributed by atoms with Crippen LogP contribution in [0.25, 0.3) is 0 Å². The molecule has 0 atom stereocenters. The van der Waals surface area contributed by atoms with Gasteiger partial charge in [0.1, 0.15) is 6.26 Å². The van der Waals surface area contributed by atoms with Crippen LogP contribution < -0.4 is 10.6 Å². The van der Waals surface area contributed by atoms with Crippen LogP contribution in [-0.4, -0.2) is 11.2 Å². The van der Waals surface area contributed by atoms with E-state index < -0.39 is 0 Å². The molecule has 0 fully saturated rings. The van der Waals surface area contributed by atoms with Gasteiger partial charge >= 0.3 is 6.03 Å². The van der Waals surface area contributed by atoms with Crippen molar-refractivity contribution in [3.63, 3.8) is 0 Å². The van der Waals surface area contributed by atoms with Crippen molar-refractivity contribution in [1.29, 1.82) is 0 Å². The van der Waals surface area contributed by atoms with E-state index in [1.165, 1.54) is 11.8 Å². The number of anilines is 2. The molecule has 0 aliphatic carbocycles. The van der Waals surface area contributed by atoms with Gasteiger partial charge in [-0.25, -0.2) is 4.79 Å². The Morgan fingerprint density at radius 1 is 1.18 bits per heavy atom. The maximum atomic E-state index is 11.6. The predicted octanol–water partition coefficient (Wildman–Crippen LogP) is 2.94. The molecule has 0 unspecified atom stereocenters. The van der Waals surface area contributed by atoms with Crippen molar-refractivity contribution in [2.45, 2.75) is 13.8 Å². The number of aromatic nitrogens is 1. The van der Waals surface area contributed by atoms with Crippen LogP contribution in [0.4, 0.5) is 16.3 Å². The fourth-order valence-electron chi connectivity index (χ4n) is 1.37. The van der Waals surface area contributed by atoms with Gasteiger partial charge in [0.25, 0.3) is 0 Å². The van der Waals surface area contributed by atoms with Crippen molar-refractivity contribution in [2.75, 3.05) is 10.6 Å². The molecular weight excluding hydrogens is 218 g/mol. The number of carbonyl (C=O) groups is 1. The van der Waals surface area contributed by atoms with Gasteiger partial charge in [-0.05, 0) is 37.1 Å². The Labute approximate surface area is 98.8 Å². The summed E-state index contributed by atoms with van der Waals surface area (Å²) in [5.74, 6) is 0.381. The lowest BCUT2D eigenvalue weighted by molar-refractivity contribution is 0.262. The molecule has 0 radical (unpaired) electrons. The molecule has 0 spiro atoms. The highest BCUT2D eigenvalue weighted by Gasteiger charge is 2.04. The van der Waals surface area contributed by atoms with Crippen LogP contribution in [0, 0.1) is 13.8 Å². The Hall–Kier alpha value is -2.30. The van der Waals surface area contributed by atoms with Gasteiger partial charge in [0, 0.05) is 11.8 Å². The predicted molar refractivity (Wildman–Crippen MR) is 65.1 cm³/mol. The fraction of sp³-hybridized carbons (Fsp3) is 0.167. The second-order valence-electron chi connectivity index (χ2n) is 3.76. The molecule has 0 aliphatic heterocycles. The van der Waals surface area contributed by atoms with Gasteiger partial charge in [-0.15, -0.1) is 0 Å². The molecule has 17 heavy (non-hydrogen) atoms. The third-order valence-electron chi connectivity index (χ3n) is 2.44. The van der Waals surface area contributed by atoms with E-state index in [0.717, 1.165) is 11.3 Å². The second kappa shape index (κ2) is 4.69. The molecule has 0 saturated carbocycles. The monoisotopic (exact) mass is 231 g/mol. The number of urea groups is 1. The van der Waals surface area contributed by atoms with Crippen molar-refractivity contribution in [3.05, 3.63) is 41.7 Å². The molecule has 5 heteroatoms. The first-order valence-corrected chi connectivity index (χ1v) is 5.21. The number of aryl methyl sites for hydroxylation is 2. The van der Waals surface area contributed by atoms with E-state index in [4.69, 9.17) is 0 Å². The van der Waals surface area contributed by atoms with Crippen molar-refractivity contribution >= 4 is 17.5 Å². The molecule has 0 bridgehead atoms. The number of hydrogen-bond donors (Lipinski definition) is 2. The van der Waals surface area contributed by atoms with Crippen LogP contribution in [0.3, 0.4) is 0 Å². The first-order chi connectivity index (χ1) is 8.15. The van der Waals surface area contributed by atoms with Crippen LogP contribution in [0.15, 0.2) is 35.1 Å². The third kappa shape index (κ3) is 2.84. The van der Waals surface area contributed by atoms with Gasteiger partial charge < -0.3 is 9.84 Å². The lowest BCUT2D eigenvalue weighted by Crippen LogP contribution is -2.19. The lowest BCUT2D eigenvalue weighted by atomic mass is 10.1. The molecule has 0 saturated heterocycles. The molecule has 1 aromatic carbocycles. The van der Waals surface area contributed by atoms with E-state index in [1.54, 1.807) is 6.07 Å². The third-order valence-corrected chi connectivity index (χ3v) is 2.44. The van der Waals surface area contributed by atoms with Crippen LogP contribution in [-0.2, 0) is 0 Å². The summed E-state index contributed by atoms with van der Waals surface area (Å²) in [5.41, 5.74) is 3.06. The highest BCUT2D eigenvalue weighted by Crippen LogP contribution is 2.14. The SMILES string of the molecule is Cc1ccc(NC(=O)Nc2ccon2)cc1C. The molecule has 1 heterocycles. The highest BCUT2D eigenvalue weighted by molar-refractivity contribution is 5.99. The quantitative estimate of drug-likeness (QED) is 0.835. The number of rotatable bonds is 2. The fourth-order valence-corrected chi connectivity index (χ4v) is 1.37. The minimum Gasteiger partial charge on any atom is -0.363 e. The minimum atomic E-state index is -0.345. The van der Waals surface area contributed by atoms with E-state index in [2.05, 4.69) is 20.3 Å². The van der Waals surface area contributed by atoms with Crippen molar-refractivity contribution < 1.29 is 9.32 Å². The largest absolute Gasteiger partial charge is 0.363 e. The van der Waals surface area contributed by atoms with Gasteiger partial charge in [0.05, 0.1) is 0 Å². The molecule has 88 valence electrons. The van der Waals surface area contributed by atoms with Gasteiger partial charge in [-0.1, -0.05) is 11.2 Å². The number of carbonyl (C=O) groups excluding carboxylic acids is 1. The van der Waals surface area contributed by atoms with Gasteiger partial charge in [-0.2, -0.15) is 0 Å². The summed E-state index contributed by atoms with van der Waals surface area (Å²) in [6.07, 6.45) is 1.39. The summed E-state index contributed by atoms with van der Waals surface area (Å²) in [6, 6.07) is 6.95. The average molecular weight is 231 g/mol. The Balaban J connectivity index is 2.00. The Morgan fingerprint density at radius 3 is 2.65 bits per heavy atom. The smallest absolute Gasteiger partial charge is 0.324 e. The van der Waals surface area contributed by atoms with Crippen LogP contribution in [0.1, 0.15) is 11.1 Å². The van der Waals surface area contributed by atoms with E-state index >= 15 is 0 Å². The molecule has 0 aliphatic rings. The maximum absolute atomic E-state index is 11.6. The zero-order valence-electron chi connectivity index (χ0n) is 9.65.